The van der Waals surface area contributed by atoms with Gasteiger partial charge in [-0.1, -0.05) is 0 Å². The van der Waals surface area contributed by atoms with Gasteiger partial charge >= 0.3 is 0 Å². The second-order valence-corrected chi connectivity index (χ2v) is 6.39. The maximum Gasteiger partial charge on any atom is 0.266 e. The molecule has 3 rings (SSSR count). The monoisotopic (exact) mass is 393 g/mol. The summed E-state index contributed by atoms with van der Waals surface area (Å²) in [7, 11) is 3.20. The Morgan fingerprint density at radius 2 is 1.55 bits per heavy atom. The molecular formula is C22H23N3O4. The van der Waals surface area contributed by atoms with Crippen LogP contribution in [0.3, 0.4) is 0 Å². The Kier molecular flexibility index (Phi) is 6.63. The number of rotatable bonds is 8. The number of hydrogen-bond acceptors (Lipinski definition) is 5. The first-order valence-electron chi connectivity index (χ1n) is 9.25. The van der Waals surface area contributed by atoms with Gasteiger partial charge in [0, 0.05) is 30.3 Å². The number of carbonyl (C=O) groups excluding carboxylic acids is 1. The Hall–Kier alpha value is -3.61. The summed E-state index contributed by atoms with van der Waals surface area (Å²) in [5.41, 5.74) is 2.08. The van der Waals surface area contributed by atoms with Gasteiger partial charge in [-0.25, -0.2) is 4.68 Å². The first-order valence-corrected chi connectivity index (χ1v) is 9.25. The molecule has 29 heavy (non-hydrogen) atoms. The van der Waals surface area contributed by atoms with Crippen LogP contribution in [0.4, 0.5) is 5.69 Å². The number of aromatic nitrogens is 2. The van der Waals surface area contributed by atoms with Crippen molar-refractivity contribution in [1.82, 2.24) is 9.78 Å². The molecule has 3 aromatic rings. The molecule has 0 saturated heterocycles. The molecule has 0 aliphatic heterocycles. The third kappa shape index (κ3) is 5.44. The lowest BCUT2D eigenvalue weighted by Crippen LogP contribution is -2.23. The van der Waals surface area contributed by atoms with Gasteiger partial charge in [-0.2, -0.15) is 5.10 Å². The first-order chi connectivity index (χ1) is 14.1. The van der Waals surface area contributed by atoms with Gasteiger partial charge in [-0.05, 0) is 61.0 Å². The van der Waals surface area contributed by atoms with Crippen LogP contribution in [-0.4, -0.2) is 29.9 Å². The number of ether oxygens (including phenoxy) is 2. The average Bonchev–Trinajstić information content (AvgIpc) is 2.75. The maximum atomic E-state index is 12.1. The van der Waals surface area contributed by atoms with E-state index in [-0.39, 0.29) is 17.9 Å². The zero-order chi connectivity index (χ0) is 20.6. The first kappa shape index (κ1) is 20.1. The number of nitrogens with zero attached hydrogens (tertiary/aromatic N) is 2. The second-order valence-electron chi connectivity index (χ2n) is 6.39. The lowest BCUT2D eigenvalue weighted by atomic mass is 10.1. The normalized spacial score (nSPS) is 10.4. The van der Waals surface area contributed by atoms with Gasteiger partial charge in [0.1, 0.15) is 11.5 Å². The van der Waals surface area contributed by atoms with Crippen LogP contribution in [0.25, 0.3) is 11.3 Å². The molecule has 1 aromatic heterocycles. The Balaban J connectivity index is 1.58. The van der Waals surface area contributed by atoms with Crippen molar-refractivity contribution in [3.63, 3.8) is 0 Å². The van der Waals surface area contributed by atoms with Crippen molar-refractivity contribution in [2.75, 3.05) is 19.5 Å². The van der Waals surface area contributed by atoms with E-state index in [9.17, 15) is 9.59 Å². The number of benzene rings is 2. The standard InChI is InChI=1S/C22H23N3O4/c1-28-18-9-5-16(6-10-18)20-13-14-22(27)25(24-20)15-3-4-21(26)23-17-7-11-19(29-2)12-8-17/h5-14H,3-4,15H2,1-2H3,(H,23,26). The highest BCUT2D eigenvalue weighted by Gasteiger charge is 2.07. The highest BCUT2D eigenvalue weighted by atomic mass is 16.5. The fraction of sp³-hybridized carbons (Fsp3) is 0.227. The van der Waals surface area contributed by atoms with Crippen LogP contribution in [0.1, 0.15) is 12.8 Å². The third-order valence-corrected chi connectivity index (χ3v) is 4.40. The van der Waals surface area contributed by atoms with Gasteiger partial charge in [0.15, 0.2) is 0 Å². The predicted octanol–water partition coefficient (Wildman–Crippen LogP) is 3.35. The molecule has 0 atom stereocenters. The Labute approximate surface area is 168 Å². The van der Waals surface area contributed by atoms with E-state index < -0.39 is 0 Å². The zero-order valence-corrected chi connectivity index (χ0v) is 16.4. The summed E-state index contributed by atoms with van der Waals surface area (Å²) < 4.78 is 11.6. The van der Waals surface area contributed by atoms with Crippen LogP contribution in [0.5, 0.6) is 11.5 Å². The van der Waals surface area contributed by atoms with E-state index >= 15 is 0 Å². The molecule has 0 fully saturated rings. The maximum absolute atomic E-state index is 12.1. The van der Waals surface area contributed by atoms with Crippen LogP contribution in [0.15, 0.2) is 65.5 Å². The Morgan fingerprint density at radius 1 is 0.931 bits per heavy atom. The van der Waals surface area contributed by atoms with Crippen molar-refractivity contribution in [2.24, 2.45) is 0 Å². The number of carbonyl (C=O) groups is 1. The molecule has 0 unspecified atom stereocenters. The summed E-state index contributed by atoms with van der Waals surface area (Å²) in [5.74, 6) is 1.37. The van der Waals surface area contributed by atoms with E-state index in [4.69, 9.17) is 9.47 Å². The lowest BCUT2D eigenvalue weighted by Gasteiger charge is -2.09. The van der Waals surface area contributed by atoms with Gasteiger partial charge in [0.05, 0.1) is 19.9 Å². The zero-order valence-electron chi connectivity index (χ0n) is 16.4. The number of hydrogen-bond donors (Lipinski definition) is 1. The molecule has 2 aromatic carbocycles. The van der Waals surface area contributed by atoms with Gasteiger partial charge in [0.25, 0.3) is 5.56 Å². The smallest absolute Gasteiger partial charge is 0.266 e. The number of amides is 1. The predicted molar refractivity (Wildman–Crippen MR) is 111 cm³/mol. The molecule has 0 aliphatic carbocycles. The van der Waals surface area contributed by atoms with Gasteiger partial charge in [-0.3, -0.25) is 9.59 Å². The van der Waals surface area contributed by atoms with E-state index in [1.54, 1.807) is 44.6 Å². The second kappa shape index (κ2) is 9.54. The quantitative estimate of drug-likeness (QED) is 0.635. The van der Waals surface area contributed by atoms with E-state index in [1.165, 1.54) is 10.7 Å². The summed E-state index contributed by atoms with van der Waals surface area (Å²) in [6.07, 6.45) is 0.786. The van der Waals surface area contributed by atoms with Crippen LogP contribution in [-0.2, 0) is 11.3 Å². The molecule has 150 valence electrons. The molecule has 0 radical (unpaired) electrons. The topological polar surface area (TPSA) is 82.4 Å². The van der Waals surface area contributed by atoms with Crippen molar-refractivity contribution in [1.29, 1.82) is 0 Å². The Morgan fingerprint density at radius 3 is 2.17 bits per heavy atom. The van der Waals surface area contributed by atoms with Crippen LogP contribution in [0.2, 0.25) is 0 Å². The minimum absolute atomic E-state index is 0.116. The molecule has 1 amide bonds. The van der Waals surface area contributed by atoms with Crippen molar-refractivity contribution >= 4 is 11.6 Å². The summed E-state index contributed by atoms with van der Waals surface area (Å²) in [6, 6.07) is 17.8. The minimum Gasteiger partial charge on any atom is -0.497 e. The fourth-order valence-electron chi connectivity index (χ4n) is 2.81. The third-order valence-electron chi connectivity index (χ3n) is 4.40. The summed E-state index contributed by atoms with van der Waals surface area (Å²) in [4.78, 5) is 24.2. The molecule has 1 heterocycles. The van der Waals surface area contributed by atoms with E-state index in [0.29, 0.717) is 24.3 Å². The molecule has 7 heteroatoms. The summed E-state index contributed by atoms with van der Waals surface area (Å²) >= 11 is 0. The molecule has 0 saturated carbocycles. The molecular weight excluding hydrogens is 370 g/mol. The summed E-state index contributed by atoms with van der Waals surface area (Å²) in [6.45, 7) is 0.360. The largest absolute Gasteiger partial charge is 0.497 e. The van der Waals surface area contributed by atoms with E-state index in [1.807, 2.05) is 24.3 Å². The van der Waals surface area contributed by atoms with Gasteiger partial charge in [-0.15, -0.1) is 0 Å². The number of aryl methyl sites for hydroxylation is 1. The van der Waals surface area contributed by atoms with Gasteiger partial charge in [0.2, 0.25) is 5.91 Å². The average molecular weight is 393 g/mol. The number of anilines is 1. The van der Waals surface area contributed by atoms with Crippen molar-refractivity contribution in [3.05, 3.63) is 71.0 Å². The summed E-state index contributed by atoms with van der Waals surface area (Å²) in [5, 5.41) is 7.24. The lowest BCUT2D eigenvalue weighted by molar-refractivity contribution is -0.116. The fourth-order valence-corrected chi connectivity index (χ4v) is 2.81. The van der Waals surface area contributed by atoms with Crippen LogP contribution in [0, 0.1) is 0 Å². The molecule has 0 aliphatic rings. The Bertz CT molecular complexity index is 1010. The van der Waals surface area contributed by atoms with Crippen molar-refractivity contribution in [2.45, 2.75) is 19.4 Å². The van der Waals surface area contributed by atoms with Crippen molar-refractivity contribution < 1.29 is 14.3 Å². The van der Waals surface area contributed by atoms with E-state index in [2.05, 4.69) is 10.4 Å². The highest BCUT2D eigenvalue weighted by Crippen LogP contribution is 2.19. The minimum atomic E-state index is -0.196. The molecule has 1 N–H and O–H groups in total. The molecule has 0 bridgehead atoms. The molecule has 7 nitrogen and oxygen atoms in total. The highest BCUT2D eigenvalue weighted by molar-refractivity contribution is 5.90. The van der Waals surface area contributed by atoms with Crippen LogP contribution >= 0.6 is 0 Å². The van der Waals surface area contributed by atoms with Crippen LogP contribution < -0.4 is 20.3 Å². The van der Waals surface area contributed by atoms with E-state index in [0.717, 1.165) is 17.1 Å². The molecule has 0 spiro atoms. The number of nitrogens with one attached hydrogen (secondary N) is 1. The SMILES string of the molecule is COc1ccc(NC(=O)CCCn2nc(-c3ccc(OC)cc3)ccc2=O)cc1. The van der Waals surface area contributed by atoms with Gasteiger partial charge < -0.3 is 14.8 Å². The van der Waals surface area contributed by atoms with Crippen molar-refractivity contribution in [3.8, 4) is 22.8 Å². The number of methoxy groups -OCH3 is 2.